The molecule has 1 aromatic carbocycles. The van der Waals surface area contributed by atoms with Crippen molar-refractivity contribution in [1.29, 1.82) is 0 Å². The van der Waals surface area contributed by atoms with Crippen LogP contribution in [0, 0.1) is 12.3 Å². The van der Waals surface area contributed by atoms with Gasteiger partial charge in [-0.1, -0.05) is 18.1 Å². The van der Waals surface area contributed by atoms with Gasteiger partial charge in [0, 0.05) is 5.69 Å². The third-order valence-corrected chi connectivity index (χ3v) is 1.48. The van der Waals surface area contributed by atoms with E-state index in [-0.39, 0.29) is 6.04 Å². The molecule has 0 saturated carbocycles. The van der Waals surface area contributed by atoms with Gasteiger partial charge in [-0.05, 0) is 17.7 Å². The summed E-state index contributed by atoms with van der Waals surface area (Å²) in [4.78, 5) is 0. The molecule has 1 atom stereocenters. The molecular weight excluding hydrogens is 136 g/mol. The second kappa shape index (κ2) is 3.09. The summed E-state index contributed by atoms with van der Waals surface area (Å²) in [5, 5.41) is 0. The van der Waals surface area contributed by atoms with Crippen LogP contribution in [0.3, 0.4) is 0 Å². The first kappa shape index (κ1) is 7.64. The molecule has 11 heavy (non-hydrogen) atoms. The van der Waals surface area contributed by atoms with E-state index >= 15 is 0 Å². The summed E-state index contributed by atoms with van der Waals surface area (Å²) in [5.41, 5.74) is 12.7. The molecule has 0 heterocycles. The molecule has 2 heteroatoms. The van der Waals surface area contributed by atoms with Gasteiger partial charge in [0.05, 0.1) is 6.04 Å². The molecule has 0 spiro atoms. The molecule has 0 aliphatic heterocycles. The van der Waals surface area contributed by atoms with Gasteiger partial charge in [0.1, 0.15) is 0 Å². The summed E-state index contributed by atoms with van der Waals surface area (Å²) in [7, 11) is 0. The highest BCUT2D eigenvalue weighted by Gasteiger charge is 1.98. The highest BCUT2D eigenvalue weighted by molar-refractivity contribution is 5.41. The van der Waals surface area contributed by atoms with E-state index in [9.17, 15) is 0 Å². The van der Waals surface area contributed by atoms with E-state index in [1.165, 1.54) is 0 Å². The van der Waals surface area contributed by atoms with Crippen LogP contribution in [0.5, 0.6) is 0 Å². The number of nitrogens with two attached hydrogens (primary N) is 2. The van der Waals surface area contributed by atoms with Crippen molar-refractivity contribution in [1.82, 2.24) is 0 Å². The number of benzene rings is 1. The van der Waals surface area contributed by atoms with Gasteiger partial charge in [0.2, 0.25) is 0 Å². The SMILES string of the molecule is C#CC(N)c1ccc(N)cc1. The number of hydrogen-bond donors (Lipinski definition) is 2. The lowest BCUT2D eigenvalue weighted by Gasteiger charge is -2.03. The molecule has 56 valence electrons. The zero-order valence-electron chi connectivity index (χ0n) is 6.12. The van der Waals surface area contributed by atoms with Crippen LogP contribution in [0.4, 0.5) is 5.69 Å². The van der Waals surface area contributed by atoms with Crippen molar-refractivity contribution in [3.8, 4) is 12.3 Å². The number of nitrogen functional groups attached to an aromatic ring is 1. The van der Waals surface area contributed by atoms with Crippen LogP contribution in [-0.4, -0.2) is 0 Å². The maximum absolute atomic E-state index is 5.57. The van der Waals surface area contributed by atoms with E-state index < -0.39 is 0 Å². The average molecular weight is 146 g/mol. The minimum absolute atomic E-state index is 0.324. The highest BCUT2D eigenvalue weighted by atomic mass is 14.6. The third kappa shape index (κ3) is 1.73. The lowest BCUT2D eigenvalue weighted by molar-refractivity contribution is 0.947. The Morgan fingerprint density at radius 2 is 1.82 bits per heavy atom. The Balaban J connectivity index is 2.92. The Hall–Kier alpha value is -1.46. The first-order valence-corrected chi connectivity index (χ1v) is 3.31. The molecular formula is C9H10N2. The van der Waals surface area contributed by atoms with E-state index in [4.69, 9.17) is 17.9 Å². The van der Waals surface area contributed by atoms with Crippen molar-refractivity contribution in [2.75, 3.05) is 5.73 Å². The number of hydrogen-bond acceptors (Lipinski definition) is 2. The Labute approximate surface area is 66.2 Å². The van der Waals surface area contributed by atoms with Crippen LogP contribution < -0.4 is 11.5 Å². The summed E-state index contributed by atoms with van der Waals surface area (Å²) in [6.07, 6.45) is 5.14. The van der Waals surface area contributed by atoms with Crippen LogP contribution in [0.25, 0.3) is 0 Å². The normalized spacial score (nSPS) is 12.0. The van der Waals surface area contributed by atoms with Crippen molar-refractivity contribution in [2.24, 2.45) is 5.73 Å². The van der Waals surface area contributed by atoms with Gasteiger partial charge in [0.25, 0.3) is 0 Å². The quantitative estimate of drug-likeness (QED) is 0.457. The summed E-state index contributed by atoms with van der Waals surface area (Å²) >= 11 is 0. The largest absolute Gasteiger partial charge is 0.399 e. The van der Waals surface area contributed by atoms with E-state index in [2.05, 4.69) is 5.92 Å². The van der Waals surface area contributed by atoms with Crippen molar-refractivity contribution < 1.29 is 0 Å². The first-order chi connectivity index (χ1) is 5.24. The summed E-state index contributed by atoms with van der Waals surface area (Å²) in [6, 6.07) is 6.91. The predicted octanol–water partition coefficient (Wildman–Crippen LogP) is 0.902. The molecule has 0 fully saturated rings. The fourth-order valence-electron chi connectivity index (χ4n) is 0.800. The molecule has 2 nitrogen and oxygen atoms in total. The van der Waals surface area contributed by atoms with E-state index in [0.29, 0.717) is 0 Å². The summed E-state index contributed by atoms with van der Waals surface area (Å²) in [5.74, 6) is 2.44. The van der Waals surface area contributed by atoms with Gasteiger partial charge >= 0.3 is 0 Å². The van der Waals surface area contributed by atoms with Crippen molar-refractivity contribution in [3.05, 3.63) is 29.8 Å². The minimum Gasteiger partial charge on any atom is -0.399 e. The smallest absolute Gasteiger partial charge is 0.0918 e. The first-order valence-electron chi connectivity index (χ1n) is 3.31. The average Bonchev–Trinajstić information content (AvgIpc) is 2.05. The second-order valence-electron chi connectivity index (χ2n) is 2.31. The van der Waals surface area contributed by atoms with Gasteiger partial charge in [-0.3, -0.25) is 0 Å². The maximum atomic E-state index is 5.57. The summed E-state index contributed by atoms with van der Waals surface area (Å²) < 4.78 is 0. The van der Waals surface area contributed by atoms with E-state index in [1.54, 1.807) is 12.1 Å². The highest BCUT2D eigenvalue weighted by Crippen LogP contribution is 2.11. The Bertz CT molecular complexity index is 269. The Morgan fingerprint density at radius 1 is 1.27 bits per heavy atom. The molecule has 0 amide bonds. The summed E-state index contributed by atoms with van der Waals surface area (Å²) in [6.45, 7) is 0. The van der Waals surface area contributed by atoms with Crippen LogP contribution >= 0.6 is 0 Å². The predicted molar refractivity (Wildman–Crippen MR) is 46.6 cm³/mol. The molecule has 1 unspecified atom stereocenters. The molecule has 4 N–H and O–H groups in total. The molecule has 0 radical (unpaired) electrons. The second-order valence-corrected chi connectivity index (χ2v) is 2.31. The standard InChI is InChI=1S/C9H10N2/c1-2-9(11)7-3-5-8(10)6-4-7/h1,3-6,9H,10-11H2. The van der Waals surface area contributed by atoms with Crippen molar-refractivity contribution >= 4 is 5.69 Å². The lowest BCUT2D eigenvalue weighted by Crippen LogP contribution is -2.06. The molecule has 0 bridgehead atoms. The van der Waals surface area contributed by atoms with Gasteiger partial charge in [0.15, 0.2) is 0 Å². The molecule has 1 aromatic rings. The van der Waals surface area contributed by atoms with Gasteiger partial charge in [-0.2, -0.15) is 0 Å². The molecule has 1 rings (SSSR count). The Morgan fingerprint density at radius 3 is 2.27 bits per heavy atom. The monoisotopic (exact) mass is 146 g/mol. The number of anilines is 1. The van der Waals surface area contributed by atoms with Crippen molar-refractivity contribution in [2.45, 2.75) is 6.04 Å². The zero-order valence-corrected chi connectivity index (χ0v) is 6.12. The van der Waals surface area contributed by atoms with Crippen molar-refractivity contribution in [3.63, 3.8) is 0 Å². The molecule has 0 aliphatic carbocycles. The van der Waals surface area contributed by atoms with Gasteiger partial charge < -0.3 is 11.5 Å². The topological polar surface area (TPSA) is 52.0 Å². The van der Waals surface area contributed by atoms with Crippen LogP contribution in [0.1, 0.15) is 11.6 Å². The van der Waals surface area contributed by atoms with Crippen LogP contribution in [0.15, 0.2) is 24.3 Å². The third-order valence-electron chi connectivity index (χ3n) is 1.48. The van der Waals surface area contributed by atoms with E-state index in [0.717, 1.165) is 11.3 Å². The van der Waals surface area contributed by atoms with Crippen LogP contribution in [-0.2, 0) is 0 Å². The zero-order chi connectivity index (χ0) is 8.27. The lowest BCUT2D eigenvalue weighted by atomic mass is 10.1. The van der Waals surface area contributed by atoms with E-state index in [1.807, 2.05) is 12.1 Å². The molecule has 0 aliphatic rings. The Kier molecular flexibility index (Phi) is 2.15. The molecule has 0 aromatic heterocycles. The minimum atomic E-state index is -0.324. The maximum Gasteiger partial charge on any atom is 0.0918 e. The van der Waals surface area contributed by atoms with Crippen LogP contribution in [0.2, 0.25) is 0 Å². The number of terminal acetylenes is 1. The molecule has 0 saturated heterocycles. The van der Waals surface area contributed by atoms with Gasteiger partial charge in [-0.25, -0.2) is 0 Å². The number of rotatable bonds is 1. The fraction of sp³-hybridized carbons (Fsp3) is 0.111. The van der Waals surface area contributed by atoms with Gasteiger partial charge in [-0.15, -0.1) is 6.42 Å². The fourth-order valence-corrected chi connectivity index (χ4v) is 0.800.